The van der Waals surface area contributed by atoms with E-state index in [-0.39, 0.29) is 5.78 Å². The van der Waals surface area contributed by atoms with Crippen molar-refractivity contribution < 1.29 is 19.4 Å². The van der Waals surface area contributed by atoms with E-state index in [1.54, 1.807) is 19.9 Å². The zero-order valence-corrected chi connectivity index (χ0v) is 9.47. The third-order valence-electron chi connectivity index (χ3n) is 2.95. The van der Waals surface area contributed by atoms with Crippen LogP contribution in [0.2, 0.25) is 0 Å². The van der Waals surface area contributed by atoms with Gasteiger partial charge in [-0.3, -0.25) is 4.79 Å². The molecule has 0 saturated carbocycles. The Balaban J connectivity index is 2.43. The van der Waals surface area contributed by atoms with Gasteiger partial charge in [-0.15, -0.1) is 6.58 Å². The summed E-state index contributed by atoms with van der Waals surface area (Å²) in [7, 11) is 0. The van der Waals surface area contributed by atoms with Gasteiger partial charge in [0.15, 0.2) is 17.7 Å². The minimum absolute atomic E-state index is 0.169. The molecule has 3 atom stereocenters. The van der Waals surface area contributed by atoms with Crippen molar-refractivity contribution in [2.45, 2.75) is 43.9 Å². The normalized spacial score (nSPS) is 40.8. The monoisotopic (exact) mass is 224 g/mol. The molecule has 0 bridgehead atoms. The van der Waals surface area contributed by atoms with Gasteiger partial charge in [-0.2, -0.15) is 0 Å². The van der Waals surface area contributed by atoms with Crippen LogP contribution in [0.5, 0.6) is 0 Å². The number of fused-ring (bicyclic) bond motifs is 1. The van der Waals surface area contributed by atoms with Crippen LogP contribution in [0.15, 0.2) is 24.8 Å². The molecule has 1 heterocycles. The van der Waals surface area contributed by atoms with Crippen molar-refractivity contribution in [2.75, 3.05) is 0 Å². The van der Waals surface area contributed by atoms with Gasteiger partial charge in [0.25, 0.3) is 0 Å². The lowest BCUT2D eigenvalue weighted by Gasteiger charge is -2.36. The topological polar surface area (TPSA) is 55.8 Å². The molecule has 0 radical (unpaired) electrons. The maximum absolute atomic E-state index is 11.8. The van der Waals surface area contributed by atoms with E-state index in [1.807, 2.05) is 0 Å². The van der Waals surface area contributed by atoms with Crippen LogP contribution in [0.25, 0.3) is 0 Å². The number of aliphatic hydroxyl groups is 1. The molecule has 1 aliphatic heterocycles. The molecule has 0 amide bonds. The van der Waals surface area contributed by atoms with E-state index in [4.69, 9.17) is 9.47 Å². The number of hydrogen-bond donors (Lipinski definition) is 1. The van der Waals surface area contributed by atoms with E-state index in [2.05, 4.69) is 6.58 Å². The first-order valence-electron chi connectivity index (χ1n) is 5.30. The molecule has 1 N–H and O–H groups in total. The van der Waals surface area contributed by atoms with E-state index in [9.17, 15) is 9.90 Å². The third kappa shape index (κ3) is 1.54. The molecule has 2 aliphatic rings. The highest BCUT2D eigenvalue weighted by Crippen LogP contribution is 2.44. The highest BCUT2D eigenvalue weighted by molar-refractivity contribution is 5.96. The Morgan fingerprint density at radius 2 is 2.31 bits per heavy atom. The molecule has 1 fully saturated rings. The van der Waals surface area contributed by atoms with Gasteiger partial charge in [-0.05, 0) is 26.0 Å². The summed E-state index contributed by atoms with van der Waals surface area (Å²) in [5.74, 6) is -1.03. The fourth-order valence-electron chi connectivity index (χ4n) is 2.36. The van der Waals surface area contributed by atoms with Crippen LogP contribution in [0.1, 0.15) is 20.3 Å². The summed E-state index contributed by atoms with van der Waals surface area (Å²) in [4.78, 5) is 11.8. The predicted octanol–water partition coefficient (Wildman–Crippen LogP) is 0.953. The number of aliphatic hydroxyl groups excluding tert-OH is 1. The second kappa shape index (κ2) is 3.52. The van der Waals surface area contributed by atoms with Crippen molar-refractivity contribution in [1.29, 1.82) is 0 Å². The molecule has 0 aromatic heterocycles. The standard InChI is InChI=1S/C12H16O4/c1-4-7-12-9(14)6-5-8(13)10(12)15-11(2,3)16-12/h4-6,9-10,14H,1,7H2,2-3H3/t9-,10-,12+/m0/s1. The average molecular weight is 224 g/mol. The maximum atomic E-state index is 11.8. The van der Waals surface area contributed by atoms with Gasteiger partial charge in [0.2, 0.25) is 0 Å². The summed E-state index contributed by atoms with van der Waals surface area (Å²) in [5, 5.41) is 10.0. The van der Waals surface area contributed by atoms with E-state index < -0.39 is 23.6 Å². The number of carbonyl (C=O) groups excluding carboxylic acids is 1. The molecule has 4 heteroatoms. The van der Waals surface area contributed by atoms with Crippen LogP contribution < -0.4 is 0 Å². The molecule has 4 nitrogen and oxygen atoms in total. The summed E-state index contributed by atoms with van der Waals surface area (Å²) in [6.07, 6.45) is 3.20. The first-order chi connectivity index (χ1) is 7.41. The maximum Gasteiger partial charge on any atom is 0.187 e. The smallest absolute Gasteiger partial charge is 0.187 e. The van der Waals surface area contributed by atoms with Gasteiger partial charge in [0, 0.05) is 6.42 Å². The predicted molar refractivity (Wildman–Crippen MR) is 57.7 cm³/mol. The first kappa shape index (κ1) is 11.5. The Kier molecular flexibility index (Phi) is 2.53. The number of carbonyl (C=O) groups is 1. The van der Waals surface area contributed by atoms with Crippen molar-refractivity contribution in [3.05, 3.63) is 24.8 Å². The molecule has 0 spiro atoms. The quantitative estimate of drug-likeness (QED) is 0.710. The average Bonchev–Trinajstić information content (AvgIpc) is 2.47. The van der Waals surface area contributed by atoms with Crippen molar-refractivity contribution in [3.8, 4) is 0 Å². The summed E-state index contributed by atoms with van der Waals surface area (Å²) >= 11 is 0. The summed E-state index contributed by atoms with van der Waals surface area (Å²) < 4.78 is 11.3. The molecular weight excluding hydrogens is 208 g/mol. The summed E-state index contributed by atoms with van der Waals surface area (Å²) in [5.41, 5.74) is -1.02. The number of ether oxygens (including phenoxy) is 2. The zero-order chi connectivity index (χ0) is 12.0. The molecular formula is C12H16O4. The fraction of sp³-hybridized carbons (Fsp3) is 0.583. The van der Waals surface area contributed by atoms with Gasteiger partial charge in [-0.25, -0.2) is 0 Å². The molecule has 1 saturated heterocycles. The van der Waals surface area contributed by atoms with Gasteiger partial charge < -0.3 is 14.6 Å². The van der Waals surface area contributed by atoms with E-state index in [0.29, 0.717) is 6.42 Å². The lowest BCUT2D eigenvalue weighted by Crippen LogP contribution is -2.54. The van der Waals surface area contributed by atoms with Gasteiger partial charge in [0.1, 0.15) is 11.7 Å². The highest BCUT2D eigenvalue weighted by atomic mass is 16.8. The Bertz CT molecular complexity index is 358. The molecule has 16 heavy (non-hydrogen) atoms. The van der Waals surface area contributed by atoms with Crippen LogP contribution >= 0.6 is 0 Å². The van der Waals surface area contributed by atoms with Crippen molar-refractivity contribution in [1.82, 2.24) is 0 Å². The molecule has 0 aromatic carbocycles. The number of ketones is 1. The van der Waals surface area contributed by atoms with E-state index >= 15 is 0 Å². The Morgan fingerprint density at radius 1 is 1.62 bits per heavy atom. The van der Waals surface area contributed by atoms with Crippen LogP contribution in [0.4, 0.5) is 0 Å². The van der Waals surface area contributed by atoms with Crippen LogP contribution in [-0.4, -0.2) is 34.5 Å². The second-order valence-electron chi connectivity index (χ2n) is 4.65. The van der Waals surface area contributed by atoms with Crippen molar-refractivity contribution in [3.63, 3.8) is 0 Å². The lowest BCUT2D eigenvalue weighted by molar-refractivity contribution is -0.177. The van der Waals surface area contributed by atoms with Crippen molar-refractivity contribution >= 4 is 5.78 Å². The SMILES string of the molecule is C=CC[C@]12OC(C)(C)O[C@H]1C(=O)C=C[C@@H]2O. The Morgan fingerprint density at radius 3 is 2.94 bits per heavy atom. The van der Waals surface area contributed by atoms with Crippen LogP contribution in [-0.2, 0) is 14.3 Å². The van der Waals surface area contributed by atoms with E-state index in [1.165, 1.54) is 12.2 Å². The Labute approximate surface area is 94.5 Å². The third-order valence-corrected chi connectivity index (χ3v) is 2.95. The van der Waals surface area contributed by atoms with Crippen LogP contribution in [0, 0.1) is 0 Å². The largest absolute Gasteiger partial charge is 0.386 e. The van der Waals surface area contributed by atoms with Crippen molar-refractivity contribution in [2.24, 2.45) is 0 Å². The van der Waals surface area contributed by atoms with Gasteiger partial charge in [-0.1, -0.05) is 6.08 Å². The molecule has 2 rings (SSSR count). The highest BCUT2D eigenvalue weighted by Gasteiger charge is 2.59. The fourth-order valence-corrected chi connectivity index (χ4v) is 2.36. The lowest BCUT2D eigenvalue weighted by atomic mass is 9.81. The Hall–Kier alpha value is -0.970. The minimum atomic E-state index is -1.02. The number of rotatable bonds is 2. The van der Waals surface area contributed by atoms with Gasteiger partial charge in [0.05, 0.1) is 0 Å². The van der Waals surface area contributed by atoms with Crippen LogP contribution in [0.3, 0.4) is 0 Å². The second-order valence-corrected chi connectivity index (χ2v) is 4.65. The summed E-state index contributed by atoms with van der Waals surface area (Å²) in [6, 6.07) is 0. The zero-order valence-electron chi connectivity index (χ0n) is 9.47. The van der Waals surface area contributed by atoms with Gasteiger partial charge >= 0.3 is 0 Å². The molecule has 88 valence electrons. The first-order valence-corrected chi connectivity index (χ1v) is 5.30. The molecule has 0 aromatic rings. The summed E-state index contributed by atoms with van der Waals surface area (Å²) in [6.45, 7) is 7.10. The van der Waals surface area contributed by atoms with E-state index in [0.717, 1.165) is 0 Å². The molecule has 0 unspecified atom stereocenters. The minimum Gasteiger partial charge on any atom is -0.386 e. The molecule has 1 aliphatic carbocycles. The number of hydrogen-bond acceptors (Lipinski definition) is 4.